The van der Waals surface area contributed by atoms with Gasteiger partial charge in [0.05, 0.1) is 24.9 Å². The van der Waals surface area contributed by atoms with Crippen molar-refractivity contribution in [3.8, 4) is 5.75 Å². The number of nitrogens with zero attached hydrogens (tertiary/aromatic N) is 2. The van der Waals surface area contributed by atoms with Crippen LogP contribution in [0.3, 0.4) is 0 Å². The first-order chi connectivity index (χ1) is 7.85. The molecule has 1 heterocycles. The molecule has 0 bridgehead atoms. The van der Waals surface area contributed by atoms with Crippen molar-refractivity contribution < 1.29 is 9.47 Å². The summed E-state index contributed by atoms with van der Waals surface area (Å²) >= 11 is 0. The molecular formula is C12H23N3O2. The highest BCUT2D eigenvalue weighted by Gasteiger charge is 2.33. The van der Waals surface area contributed by atoms with E-state index in [0.29, 0.717) is 5.75 Å². The Bertz CT molecular complexity index is 372. The molecule has 1 rings (SSSR count). The van der Waals surface area contributed by atoms with E-state index in [1.54, 1.807) is 20.4 Å². The summed E-state index contributed by atoms with van der Waals surface area (Å²) in [6.07, 6.45) is 1.70. The van der Waals surface area contributed by atoms with Gasteiger partial charge >= 0.3 is 0 Å². The predicted octanol–water partition coefficient (Wildman–Crippen LogP) is 1.90. The second-order valence-corrected chi connectivity index (χ2v) is 4.92. The molecule has 0 spiro atoms. The van der Waals surface area contributed by atoms with Crippen LogP contribution in [0, 0.1) is 0 Å². The molecule has 98 valence electrons. The first-order valence-electron chi connectivity index (χ1n) is 5.77. The molecule has 2 N–H and O–H groups in total. The average molecular weight is 241 g/mol. The van der Waals surface area contributed by atoms with Gasteiger partial charge in [0.25, 0.3) is 0 Å². The third kappa shape index (κ3) is 2.61. The Balaban J connectivity index is 3.23. The fourth-order valence-corrected chi connectivity index (χ4v) is 1.68. The third-order valence-corrected chi connectivity index (χ3v) is 3.08. The Hall–Kier alpha value is -1.07. The first-order valence-corrected chi connectivity index (χ1v) is 5.77. The Kier molecular flexibility index (Phi) is 4.16. The molecule has 0 saturated heterocycles. The normalized spacial score (nSPS) is 14.1. The molecule has 5 heteroatoms. The molecule has 0 aliphatic heterocycles. The molecule has 0 amide bonds. The van der Waals surface area contributed by atoms with Crippen molar-refractivity contribution in [3.05, 3.63) is 11.9 Å². The van der Waals surface area contributed by atoms with Crippen molar-refractivity contribution >= 4 is 0 Å². The minimum Gasteiger partial charge on any atom is -0.493 e. The maximum atomic E-state index is 6.28. The number of nitrogens with two attached hydrogens (primary N) is 1. The van der Waals surface area contributed by atoms with E-state index in [1.165, 1.54) is 0 Å². The summed E-state index contributed by atoms with van der Waals surface area (Å²) in [5.74, 6) is 0.705. The molecule has 1 aromatic heterocycles. The number of rotatable bonds is 5. The van der Waals surface area contributed by atoms with Crippen LogP contribution in [0.5, 0.6) is 5.75 Å². The van der Waals surface area contributed by atoms with Gasteiger partial charge in [0, 0.05) is 13.2 Å². The quantitative estimate of drug-likeness (QED) is 0.855. The molecule has 0 aliphatic rings. The Morgan fingerprint density at radius 2 is 1.94 bits per heavy atom. The highest BCUT2D eigenvalue weighted by atomic mass is 16.5. The molecule has 1 atom stereocenters. The summed E-state index contributed by atoms with van der Waals surface area (Å²) in [6, 6.07) is -0.0695. The van der Waals surface area contributed by atoms with Crippen molar-refractivity contribution in [2.45, 2.75) is 45.4 Å². The van der Waals surface area contributed by atoms with Crippen LogP contribution in [0.25, 0.3) is 0 Å². The summed E-state index contributed by atoms with van der Waals surface area (Å²) < 4.78 is 12.6. The van der Waals surface area contributed by atoms with Crippen molar-refractivity contribution in [1.29, 1.82) is 0 Å². The van der Waals surface area contributed by atoms with E-state index in [0.717, 1.165) is 5.69 Å². The van der Waals surface area contributed by atoms with Crippen molar-refractivity contribution in [1.82, 2.24) is 9.78 Å². The number of hydrogen-bond acceptors (Lipinski definition) is 4. The molecule has 5 nitrogen and oxygen atoms in total. The summed E-state index contributed by atoms with van der Waals surface area (Å²) in [5.41, 5.74) is 6.67. The lowest BCUT2D eigenvalue weighted by Gasteiger charge is -2.31. The second kappa shape index (κ2) is 5.06. The molecule has 0 aromatic carbocycles. The van der Waals surface area contributed by atoms with Crippen LogP contribution in [0.2, 0.25) is 0 Å². The molecule has 0 fully saturated rings. The van der Waals surface area contributed by atoms with E-state index < -0.39 is 5.60 Å². The van der Waals surface area contributed by atoms with Gasteiger partial charge in [-0.3, -0.25) is 4.68 Å². The smallest absolute Gasteiger partial charge is 0.161 e. The van der Waals surface area contributed by atoms with Crippen LogP contribution < -0.4 is 10.5 Å². The SMILES string of the molecule is COc1cnn(C(C)C)c1C(N)C(C)(C)OC. The average Bonchev–Trinajstić information content (AvgIpc) is 2.71. The standard InChI is InChI=1S/C12H23N3O2/c1-8(2)15-10(9(16-5)7-14-15)11(13)12(3,4)17-6/h7-8,11H,13H2,1-6H3. The largest absolute Gasteiger partial charge is 0.493 e. The summed E-state index contributed by atoms with van der Waals surface area (Å²) in [7, 11) is 3.28. The summed E-state index contributed by atoms with van der Waals surface area (Å²) in [6.45, 7) is 8.02. The lowest BCUT2D eigenvalue weighted by atomic mass is 9.95. The van der Waals surface area contributed by atoms with E-state index in [2.05, 4.69) is 18.9 Å². The lowest BCUT2D eigenvalue weighted by Crippen LogP contribution is -2.39. The minimum absolute atomic E-state index is 0.229. The summed E-state index contributed by atoms with van der Waals surface area (Å²) in [5, 5.41) is 4.31. The highest BCUT2D eigenvalue weighted by Crippen LogP contribution is 2.33. The Labute approximate surface area is 103 Å². The van der Waals surface area contributed by atoms with Gasteiger partial charge in [0.15, 0.2) is 5.75 Å². The van der Waals surface area contributed by atoms with E-state index in [4.69, 9.17) is 15.2 Å². The molecular weight excluding hydrogens is 218 g/mol. The van der Waals surface area contributed by atoms with Crippen LogP contribution in [-0.2, 0) is 4.74 Å². The first kappa shape index (κ1) is 14.0. The minimum atomic E-state index is -0.472. The topological polar surface area (TPSA) is 62.3 Å². The van der Waals surface area contributed by atoms with E-state index >= 15 is 0 Å². The van der Waals surface area contributed by atoms with Gasteiger partial charge in [-0.05, 0) is 27.7 Å². The van der Waals surface area contributed by atoms with Crippen LogP contribution in [0.1, 0.15) is 45.5 Å². The maximum absolute atomic E-state index is 6.28. The van der Waals surface area contributed by atoms with Crippen LogP contribution >= 0.6 is 0 Å². The van der Waals surface area contributed by atoms with Gasteiger partial charge in [-0.15, -0.1) is 0 Å². The Morgan fingerprint density at radius 1 is 1.35 bits per heavy atom. The van der Waals surface area contributed by atoms with E-state index in [9.17, 15) is 0 Å². The fraction of sp³-hybridized carbons (Fsp3) is 0.750. The number of aromatic nitrogens is 2. The van der Waals surface area contributed by atoms with E-state index in [1.807, 2.05) is 18.5 Å². The Morgan fingerprint density at radius 3 is 2.35 bits per heavy atom. The zero-order valence-corrected chi connectivity index (χ0v) is 11.5. The molecule has 17 heavy (non-hydrogen) atoms. The molecule has 1 aromatic rings. The fourth-order valence-electron chi connectivity index (χ4n) is 1.68. The van der Waals surface area contributed by atoms with Gasteiger partial charge < -0.3 is 15.2 Å². The molecule has 0 radical (unpaired) electrons. The third-order valence-electron chi connectivity index (χ3n) is 3.08. The van der Waals surface area contributed by atoms with E-state index in [-0.39, 0.29) is 12.1 Å². The van der Waals surface area contributed by atoms with Crippen LogP contribution in [-0.4, -0.2) is 29.6 Å². The zero-order chi connectivity index (χ0) is 13.2. The van der Waals surface area contributed by atoms with Crippen molar-refractivity contribution in [3.63, 3.8) is 0 Å². The summed E-state index contributed by atoms with van der Waals surface area (Å²) in [4.78, 5) is 0. The number of hydrogen-bond donors (Lipinski definition) is 1. The molecule has 0 saturated carbocycles. The molecule has 0 aliphatic carbocycles. The van der Waals surface area contributed by atoms with Crippen LogP contribution in [0.15, 0.2) is 6.20 Å². The van der Waals surface area contributed by atoms with Crippen molar-refractivity contribution in [2.24, 2.45) is 5.73 Å². The van der Waals surface area contributed by atoms with Gasteiger partial charge in [-0.1, -0.05) is 0 Å². The highest BCUT2D eigenvalue weighted by molar-refractivity contribution is 5.30. The van der Waals surface area contributed by atoms with Crippen LogP contribution in [0.4, 0.5) is 0 Å². The predicted molar refractivity (Wildman–Crippen MR) is 67.2 cm³/mol. The second-order valence-electron chi connectivity index (χ2n) is 4.92. The van der Waals surface area contributed by atoms with Gasteiger partial charge in [0.1, 0.15) is 5.69 Å². The van der Waals surface area contributed by atoms with Gasteiger partial charge in [-0.2, -0.15) is 5.10 Å². The van der Waals surface area contributed by atoms with Crippen molar-refractivity contribution in [2.75, 3.05) is 14.2 Å². The monoisotopic (exact) mass is 241 g/mol. The lowest BCUT2D eigenvalue weighted by molar-refractivity contribution is -0.00304. The van der Waals surface area contributed by atoms with Gasteiger partial charge in [0.2, 0.25) is 0 Å². The number of ether oxygens (including phenoxy) is 2. The number of methoxy groups -OCH3 is 2. The van der Waals surface area contributed by atoms with Gasteiger partial charge in [-0.25, -0.2) is 0 Å². The zero-order valence-electron chi connectivity index (χ0n) is 11.5. The molecule has 1 unspecified atom stereocenters. The maximum Gasteiger partial charge on any atom is 0.161 e.